The van der Waals surface area contributed by atoms with Gasteiger partial charge in [0.15, 0.2) is 0 Å². The Balaban J connectivity index is 1.76. The number of hydrogen-bond donors (Lipinski definition) is 1. The molecule has 2 aromatic rings. The van der Waals surface area contributed by atoms with Crippen LogP contribution in [0.15, 0.2) is 36.4 Å². The van der Waals surface area contributed by atoms with Gasteiger partial charge < -0.3 is 10.1 Å². The van der Waals surface area contributed by atoms with Gasteiger partial charge >= 0.3 is 5.97 Å². The van der Waals surface area contributed by atoms with Crippen molar-refractivity contribution < 1.29 is 14.3 Å². The van der Waals surface area contributed by atoms with Crippen molar-refractivity contribution >= 4 is 17.4 Å². The van der Waals surface area contributed by atoms with Crippen LogP contribution >= 0.6 is 0 Å². The average Bonchev–Trinajstić information content (AvgIpc) is 2.83. The zero-order valence-corrected chi connectivity index (χ0v) is 17.0. The predicted octanol–water partition coefficient (Wildman–Crippen LogP) is 4.86. The Bertz CT molecular complexity index is 872. The molecule has 0 radical (unpaired) electrons. The summed E-state index contributed by atoms with van der Waals surface area (Å²) in [4.78, 5) is 24.3. The zero-order valence-electron chi connectivity index (χ0n) is 17.0. The van der Waals surface area contributed by atoms with Crippen LogP contribution < -0.4 is 5.32 Å². The van der Waals surface area contributed by atoms with Crippen molar-refractivity contribution in [2.45, 2.75) is 58.9 Å². The minimum absolute atomic E-state index is 0.0529. The van der Waals surface area contributed by atoms with E-state index in [1.54, 1.807) is 0 Å². The van der Waals surface area contributed by atoms with Crippen molar-refractivity contribution in [1.82, 2.24) is 0 Å². The number of carbonyl (C=O) groups excluding carboxylic acids is 2. The van der Waals surface area contributed by atoms with E-state index in [9.17, 15) is 9.59 Å². The van der Waals surface area contributed by atoms with Crippen molar-refractivity contribution in [3.63, 3.8) is 0 Å². The predicted molar refractivity (Wildman–Crippen MR) is 112 cm³/mol. The van der Waals surface area contributed by atoms with Crippen LogP contribution in [0.4, 0.5) is 5.69 Å². The summed E-state index contributed by atoms with van der Waals surface area (Å²) in [6.07, 6.45) is 2.80. The minimum Gasteiger partial charge on any atom is -0.466 e. The number of benzene rings is 2. The largest absolute Gasteiger partial charge is 0.466 e. The number of hydrogen-bond acceptors (Lipinski definition) is 4. The van der Waals surface area contributed by atoms with Gasteiger partial charge in [0, 0.05) is 24.9 Å². The molecule has 0 saturated heterocycles. The zero-order chi connectivity index (χ0) is 20.1. The van der Waals surface area contributed by atoms with Crippen LogP contribution in [0.25, 0.3) is 0 Å². The lowest BCUT2D eigenvalue weighted by molar-refractivity contribution is -0.143. The van der Waals surface area contributed by atoms with E-state index in [1.165, 1.54) is 11.1 Å². The summed E-state index contributed by atoms with van der Waals surface area (Å²) in [7, 11) is 0. The highest BCUT2D eigenvalue weighted by molar-refractivity contribution is 5.85. The summed E-state index contributed by atoms with van der Waals surface area (Å²) < 4.78 is 5.15. The number of nitrogens with one attached hydrogen (secondary N) is 1. The van der Waals surface area contributed by atoms with Gasteiger partial charge in [0.2, 0.25) is 0 Å². The van der Waals surface area contributed by atoms with Gasteiger partial charge in [-0.1, -0.05) is 37.3 Å². The fourth-order valence-electron chi connectivity index (χ4n) is 3.61. The van der Waals surface area contributed by atoms with Crippen molar-refractivity contribution in [3.8, 4) is 0 Å². The number of anilines is 1. The molecule has 4 nitrogen and oxygen atoms in total. The monoisotopic (exact) mass is 379 g/mol. The van der Waals surface area contributed by atoms with Crippen molar-refractivity contribution in [1.29, 1.82) is 0 Å². The van der Waals surface area contributed by atoms with E-state index in [0.29, 0.717) is 32.3 Å². The lowest BCUT2D eigenvalue weighted by atomic mass is 9.97. The van der Waals surface area contributed by atoms with Gasteiger partial charge in [-0.3, -0.25) is 9.59 Å². The Labute approximate surface area is 167 Å². The maximum Gasteiger partial charge on any atom is 0.306 e. The van der Waals surface area contributed by atoms with E-state index in [4.69, 9.17) is 4.74 Å². The van der Waals surface area contributed by atoms with Gasteiger partial charge in [0.05, 0.1) is 12.6 Å². The first-order valence-corrected chi connectivity index (χ1v) is 10.1. The van der Waals surface area contributed by atoms with Crippen LogP contribution in [0.3, 0.4) is 0 Å². The number of esters is 1. The van der Waals surface area contributed by atoms with Gasteiger partial charge in [-0.2, -0.15) is 0 Å². The fourth-order valence-corrected chi connectivity index (χ4v) is 3.61. The van der Waals surface area contributed by atoms with E-state index in [-0.39, 0.29) is 17.8 Å². The summed E-state index contributed by atoms with van der Waals surface area (Å²) in [5.41, 5.74) is 6.73. The normalized spacial score (nSPS) is 16.1. The average molecular weight is 380 g/mol. The first-order valence-electron chi connectivity index (χ1n) is 10.1. The highest BCUT2D eigenvalue weighted by atomic mass is 16.5. The summed E-state index contributed by atoms with van der Waals surface area (Å²) in [5, 5.41) is 3.58. The summed E-state index contributed by atoms with van der Waals surface area (Å²) in [5.74, 6) is 0.0860. The van der Waals surface area contributed by atoms with Gasteiger partial charge in [0.25, 0.3) is 0 Å². The van der Waals surface area contributed by atoms with Gasteiger partial charge in [-0.05, 0) is 60.6 Å². The second-order valence-electron chi connectivity index (χ2n) is 7.68. The molecular weight excluding hydrogens is 350 g/mol. The summed E-state index contributed by atoms with van der Waals surface area (Å²) in [6, 6.07) is 12.4. The van der Waals surface area contributed by atoms with Crippen LogP contribution in [0, 0.1) is 13.8 Å². The lowest BCUT2D eigenvalue weighted by Crippen LogP contribution is -2.13. The molecule has 0 bridgehead atoms. The minimum atomic E-state index is -0.158. The van der Waals surface area contributed by atoms with E-state index >= 15 is 0 Å². The van der Waals surface area contributed by atoms with Crippen molar-refractivity contribution in [2.75, 3.05) is 11.9 Å². The van der Waals surface area contributed by atoms with Crippen LogP contribution in [0.1, 0.15) is 60.0 Å². The van der Waals surface area contributed by atoms with E-state index < -0.39 is 0 Å². The van der Waals surface area contributed by atoms with Crippen LogP contribution in [0.5, 0.6) is 0 Å². The van der Waals surface area contributed by atoms with Crippen LogP contribution in [-0.4, -0.2) is 18.4 Å². The lowest BCUT2D eigenvalue weighted by Gasteiger charge is -2.20. The molecule has 148 valence electrons. The molecule has 1 atom stereocenters. The SMILES string of the molecule is CCCOC(=O)CCc1cccc(C2CC(=O)Cc3cc(C)c(C)cc3N2)c1. The molecule has 1 unspecified atom stereocenters. The van der Waals surface area contributed by atoms with E-state index in [1.807, 2.05) is 19.1 Å². The summed E-state index contributed by atoms with van der Waals surface area (Å²) >= 11 is 0. The molecule has 0 fully saturated rings. The van der Waals surface area contributed by atoms with Crippen molar-refractivity contribution in [2.24, 2.45) is 0 Å². The van der Waals surface area contributed by atoms with Crippen LogP contribution in [0.2, 0.25) is 0 Å². The Morgan fingerprint density at radius 2 is 1.96 bits per heavy atom. The number of ketones is 1. The molecule has 1 heterocycles. The fraction of sp³-hybridized carbons (Fsp3) is 0.417. The smallest absolute Gasteiger partial charge is 0.306 e. The second-order valence-corrected chi connectivity index (χ2v) is 7.68. The molecule has 1 aliphatic heterocycles. The molecule has 28 heavy (non-hydrogen) atoms. The number of Topliss-reactive ketones (excluding diaryl/α,β-unsaturated/α-hetero) is 1. The van der Waals surface area contributed by atoms with Gasteiger partial charge in [0.1, 0.15) is 5.78 Å². The third-order valence-corrected chi connectivity index (χ3v) is 5.31. The highest BCUT2D eigenvalue weighted by Gasteiger charge is 2.23. The summed E-state index contributed by atoms with van der Waals surface area (Å²) in [6.45, 7) is 6.64. The topological polar surface area (TPSA) is 55.4 Å². The third kappa shape index (κ3) is 5.00. The molecule has 0 amide bonds. The first kappa shape index (κ1) is 20.1. The highest BCUT2D eigenvalue weighted by Crippen LogP contribution is 2.32. The molecule has 1 N–H and O–H groups in total. The molecule has 0 aliphatic carbocycles. The molecule has 4 heteroatoms. The molecule has 0 aromatic heterocycles. The molecule has 0 saturated carbocycles. The standard InChI is InChI=1S/C24H29NO3/c1-4-10-28-24(27)9-8-18-6-5-7-19(13-18)23-15-21(26)14-20-11-16(2)17(3)12-22(20)25-23/h5-7,11-13,23,25H,4,8-10,14-15H2,1-3H3. The third-order valence-electron chi connectivity index (χ3n) is 5.31. The Morgan fingerprint density at radius 3 is 2.75 bits per heavy atom. The molecule has 3 rings (SSSR count). The number of carbonyl (C=O) groups is 2. The van der Waals surface area contributed by atoms with E-state index in [2.05, 4.69) is 43.4 Å². The Kier molecular flexibility index (Phi) is 6.50. The second kappa shape index (κ2) is 9.05. The first-order chi connectivity index (χ1) is 13.5. The molecule has 0 spiro atoms. The maximum atomic E-state index is 12.5. The maximum absolute atomic E-state index is 12.5. The van der Waals surface area contributed by atoms with Crippen LogP contribution in [-0.2, 0) is 27.2 Å². The molecular formula is C24H29NO3. The van der Waals surface area contributed by atoms with Gasteiger partial charge in [-0.15, -0.1) is 0 Å². The number of rotatable bonds is 6. The van der Waals surface area contributed by atoms with Crippen molar-refractivity contribution in [3.05, 3.63) is 64.2 Å². The van der Waals surface area contributed by atoms with Gasteiger partial charge in [-0.25, -0.2) is 0 Å². The number of aryl methyl sites for hydroxylation is 3. The molecule has 1 aliphatic rings. The number of ether oxygens (including phenoxy) is 1. The quantitative estimate of drug-likeness (QED) is 0.729. The molecule has 2 aromatic carbocycles. The Morgan fingerprint density at radius 1 is 1.18 bits per heavy atom. The Hall–Kier alpha value is -2.62. The number of fused-ring (bicyclic) bond motifs is 1. The van der Waals surface area contributed by atoms with E-state index in [0.717, 1.165) is 28.8 Å².